The number of rotatable bonds is 7. The molecule has 3 N–H and O–H groups in total. The molecule has 1 amide bonds. The third-order valence-corrected chi connectivity index (χ3v) is 5.51. The first-order valence-corrected chi connectivity index (χ1v) is 9.16. The highest BCUT2D eigenvalue weighted by atomic mass is 32.2. The van der Waals surface area contributed by atoms with E-state index >= 15 is 0 Å². The second-order valence-corrected chi connectivity index (χ2v) is 7.40. The number of hydrogen-bond acceptors (Lipinski definition) is 4. The lowest BCUT2D eigenvalue weighted by atomic mass is 10.1. The van der Waals surface area contributed by atoms with Crippen LogP contribution in [0.15, 0.2) is 29.2 Å². The SMILES string of the molecule is O=C(NCCC(O)c1cccc(SCC2(O)CCCC2)c1)C(F)(F)F. The number of benzene rings is 1. The zero-order valence-corrected chi connectivity index (χ0v) is 14.5. The molecule has 0 radical (unpaired) electrons. The number of alkyl halides is 3. The van der Waals surface area contributed by atoms with Gasteiger partial charge in [0.15, 0.2) is 0 Å². The number of carbonyl (C=O) groups excluding carboxylic acids is 1. The van der Waals surface area contributed by atoms with Gasteiger partial charge in [0, 0.05) is 17.2 Å². The van der Waals surface area contributed by atoms with Gasteiger partial charge in [0.05, 0.1) is 11.7 Å². The van der Waals surface area contributed by atoms with Gasteiger partial charge in [-0.1, -0.05) is 25.0 Å². The first-order valence-electron chi connectivity index (χ1n) is 8.18. The van der Waals surface area contributed by atoms with Crippen LogP contribution < -0.4 is 5.32 Å². The van der Waals surface area contributed by atoms with Crippen LogP contribution >= 0.6 is 11.8 Å². The summed E-state index contributed by atoms with van der Waals surface area (Å²) >= 11 is 1.50. The van der Waals surface area contributed by atoms with Crippen LogP contribution in [0.1, 0.15) is 43.8 Å². The van der Waals surface area contributed by atoms with Crippen LogP contribution in [-0.4, -0.2) is 40.2 Å². The van der Waals surface area contributed by atoms with Crippen molar-refractivity contribution in [2.45, 2.75) is 54.9 Å². The Kier molecular flexibility index (Phi) is 6.76. The lowest BCUT2D eigenvalue weighted by molar-refractivity contribution is -0.173. The van der Waals surface area contributed by atoms with Crippen LogP contribution in [0.3, 0.4) is 0 Å². The van der Waals surface area contributed by atoms with E-state index in [-0.39, 0.29) is 13.0 Å². The van der Waals surface area contributed by atoms with Gasteiger partial charge in [-0.25, -0.2) is 0 Å². The molecule has 0 aliphatic heterocycles. The summed E-state index contributed by atoms with van der Waals surface area (Å²) in [7, 11) is 0. The van der Waals surface area contributed by atoms with Gasteiger partial charge < -0.3 is 15.5 Å². The number of halogens is 3. The Labute approximate surface area is 148 Å². The molecule has 1 saturated carbocycles. The largest absolute Gasteiger partial charge is 0.471 e. The van der Waals surface area contributed by atoms with Crippen molar-refractivity contribution in [3.63, 3.8) is 0 Å². The highest BCUT2D eigenvalue weighted by molar-refractivity contribution is 7.99. The van der Waals surface area contributed by atoms with E-state index in [0.717, 1.165) is 30.6 Å². The van der Waals surface area contributed by atoms with Crippen LogP contribution in [0, 0.1) is 0 Å². The predicted octanol–water partition coefficient (Wildman–Crippen LogP) is 3.19. The van der Waals surface area contributed by atoms with Gasteiger partial charge in [-0.2, -0.15) is 13.2 Å². The standard InChI is InChI=1S/C17H22F3NO3S/c18-17(19,20)15(23)21-9-6-14(22)12-4-3-5-13(10-12)25-11-16(24)7-1-2-8-16/h3-5,10,14,22,24H,1-2,6-9,11H2,(H,21,23). The van der Waals surface area contributed by atoms with Gasteiger partial charge in [0.1, 0.15) is 0 Å². The fraction of sp³-hybridized carbons (Fsp3) is 0.588. The Hall–Kier alpha value is -1.25. The van der Waals surface area contributed by atoms with Crippen LogP contribution in [0.5, 0.6) is 0 Å². The summed E-state index contributed by atoms with van der Waals surface area (Å²) in [5, 5.41) is 22.2. The van der Waals surface area contributed by atoms with Crippen molar-refractivity contribution < 1.29 is 28.2 Å². The maximum absolute atomic E-state index is 12.1. The molecule has 0 bridgehead atoms. The number of aliphatic hydroxyl groups is 2. The number of carbonyl (C=O) groups is 1. The first kappa shape index (κ1) is 20.1. The van der Waals surface area contributed by atoms with Gasteiger partial charge in [-0.15, -0.1) is 11.8 Å². The Morgan fingerprint density at radius 1 is 1.32 bits per heavy atom. The molecule has 4 nitrogen and oxygen atoms in total. The molecule has 1 fully saturated rings. The van der Waals surface area contributed by atoms with Gasteiger partial charge >= 0.3 is 12.1 Å². The maximum Gasteiger partial charge on any atom is 0.471 e. The minimum Gasteiger partial charge on any atom is -0.389 e. The van der Waals surface area contributed by atoms with E-state index in [1.54, 1.807) is 23.5 Å². The van der Waals surface area contributed by atoms with Gasteiger partial charge in [0.25, 0.3) is 0 Å². The van der Waals surface area contributed by atoms with Crippen LogP contribution in [0.4, 0.5) is 13.2 Å². The molecule has 1 aliphatic rings. The lowest BCUT2D eigenvalue weighted by Crippen LogP contribution is -2.37. The van der Waals surface area contributed by atoms with Crippen molar-refractivity contribution >= 4 is 17.7 Å². The van der Waals surface area contributed by atoms with E-state index < -0.39 is 23.8 Å². The van der Waals surface area contributed by atoms with Crippen molar-refractivity contribution in [2.75, 3.05) is 12.3 Å². The Morgan fingerprint density at radius 2 is 2.00 bits per heavy atom. The second kappa shape index (κ2) is 8.42. The summed E-state index contributed by atoms with van der Waals surface area (Å²) in [6.45, 7) is -0.267. The number of thioether (sulfide) groups is 1. The van der Waals surface area contributed by atoms with Gasteiger partial charge in [-0.3, -0.25) is 4.79 Å². The number of nitrogens with one attached hydrogen (secondary N) is 1. The monoisotopic (exact) mass is 377 g/mol. The summed E-state index contributed by atoms with van der Waals surface area (Å²) in [6.07, 6.45) is -2.26. The molecule has 1 aromatic carbocycles. The first-order chi connectivity index (χ1) is 11.7. The highest BCUT2D eigenvalue weighted by Gasteiger charge is 2.38. The van der Waals surface area contributed by atoms with Crippen molar-refractivity contribution in [3.05, 3.63) is 29.8 Å². The van der Waals surface area contributed by atoms with Gasteiger partial charge in [0.2, 0.25) is 0 Å². The number of aliphatic hydroxyl groups excluding tert-OH is 1. The summed E-state index contributed by atoms with van der Waals surface area (Å²) in [4.78, 5) is 11.6. The molecule has 8 heteroatoms. The topological polar surface area (TPSA) is 69.6 Å². The highest BCUT2D eigenvalue weighted by Crippen LogP contribution is 2.35. The van der Waals surface area contributed by atoms with Gasteiger partial charge in [-0.05, 0) is 37.0 Å². The minimum absolute atomic E-state index is 0.0140. The predicted molar refractivity (Wildman–Crippen MR) is 89.2 cm³/mol. The second-order valence-electron chi connectivity index (χ2n) is 6.35. The average Bonchev–Trinajstić information content (AvgIpc) is 2.99. The fourth-order valence-corrected chi connectivity index (χ4v) is 3.91. The summed E-state index contributed by atoms with van der Waals surface area (Å²) in [5.41, 5.74) is -0.0640. The smallest absolute Gasteiger partial charge is 0.389 e. The molecule has 1 aliphatic carbocycles. The molecule has 1 unspecified atom stereocenters. The van der Waals surface area contributed by atoms with Crippen LogP contribution in [-0.2, 0) is 4.79 Å². The fourth-order valence-electron chi connectivity index (χ4n) is 2.80. The summed E-state index contributed by atoms with van der Waals surface area (Å²) in [6, 6.07) is 7.07. The van der Waals surface area contributed by atoms with Crippen LogP contribution in [0.2, 0.25) is 0 Å². The zero-order chi connectivity index (χ0) is 18.5. The minimum atomic E-state index is -4.91. The average molecular weight is 377 g/mol. The van der Waals surface area contributed by atoms with E-state index in [2.05, 4.69) is 0 Å². The molecular weight excluding hydrogens is 355 g/mol. The molecule has 1 atom stereocenters. The molecule has 0 saturated heterocycles. The van der Waals surface area contributed by atoms with E-state index in [9.17, 15) is 28.2 Å². The molecular formula is C17H22F3NO3S. The molecule has 0 spiro atoms. The Morgan fingerprint density at radius 3 is 2.64 bits per heavy atom. The molecule has 1 aromatic rings. The third-order valence-electron chi connectivity index (χ3n) is 4.25. The van der Waals surface area contributed by atoms with E-state index in [1.807, 2.05) is 6.07 Å². The van der Waals surface area contributed by atoms with E-state index in [4.69, 9.17) is 0 Å². The zero-order valence-electron chi connectivity index (χ0n) is 13.7. The lowest BCUT2D eigenvalue weighted by Gasteiger charge is -2.21. The molecule has 0 heterocycles. The number of amides is 1. The third kappa shape index (κ3) is 6.20. The number of hydrogen-bond donors (Lipinski definition) is 3. The van der Waals surface area contributed by atoms with Crippen LogP contribution in [0.25, 0.3) is 0 Å². The Balaban J connectivity index is 1.84. The van der Waals surface area contributed by atoms with E-state index in [0.29, 0.717) is 11.3 Å². The van der Waals surface area contributed by atoms with Crippen molar-refractivity contribution in [3.8, 4) is 0 Å². The van der Waals surface area contributed by atoms with Crippen molar-refractivity contribution in [1.29, 1.82) is 0 Å². The van der Waals surface area contributed by atoms with Crippen molar-refractivity contribution in [2.24, 2.45) is 0 Å². The normalized spacial score (nSPS) is 18.1. The molecule has 0 aromatic heterocycles. The molecule has 140 valence electrons. The molecule has 2 rings (SSSR count). The molecule has 25 heavy (non-hydrogen) atoms. The van der Waals surface area contributed by atoms with Crippen molar-refractivity contribution in [1.82, 2.24) is 5.32 Å². The maximum atomic E-state index is 12.1. The summed E-state index contributed by atoms with van der Waals surface area (Å²) in [5.74, 6) is -1.43. The van der Waals surface area contributed by atoms with E-state index in [1.165, 1.54) is 11.8 Å². The summed E-state index contributed by atoms with van der Waals surface area (Å²) < 4.78 is 36.3. The Bertz CT molecular complexity index is 589. The quantitative estimate of drug-likeness (QED) is 0.639.